The summed E-state index contributed by atoms with van der Waals surface area (Å²) < 4.78 is 31.6. The van der Waals surface area contributed by atoms with E-state index in [1.54, 1.807) is 13.8 Å². The van der Waals surface area contributed by atoms with Crippen LogP contribution in [0.1, 0.15) is 13.8 Å². The normalized spacial score (nSPS) is 10.7. The molecule has 0 unspecified atom stereocenters. The topological polar surface area (TPSA) is 86.0 Å². The van der Waals surface area contributed by atoms with Gasteiger partial charge < -0.3 is 15.8 Å². The Morgan fingerprint density at radius 3 is 2.60 bits per heavy atom. The van der Waals surface area contributed by atoms with Gasteiger partial charge in [0, 0.05) is 6.07 Å². The maximum absolute atomic E-state index is 13.5. The zero-order valence-corrected chi connectivity index (χ0v) is 10.9. The molecule has 1 heterocycles. The van der Waals surface area contributed by atoms with E-state index in [0.717, 1.165) is 12.1 Å². The highest BCUT2D eigenvalue weighted by atomic mass is 19.1. The lowest BCUT2D eigenvalue weighted by atomic mass is 10.3. The number of nitrogen functional groups attached to an aromatic ring is 1. The van der Waals surface area contributed by atoms with Crippen molar-refractivity contribution in [2.24, 2.45) is 0 Å². The fourth-order valence-corrected chi connectivity index (χ4v) is 1.40. The van der Waals surface area contributed by atoms with E-state index in [0.29, 0.717) is 0 Å². The minimum absolute atomic E-state index is 0.0126. The molecule has 2 aromatic rings. The zero-order valence-electron chi connectivity index (χ0n) is 10.9. The summed E-state index contributed by atoms with van der Waals surface area (Å²) in [6.45, 7) is 3.60. The van der Waals surface area contributed by atoms with Crippen molar-refractivity contribution in [2.45, 2.75) is 20.0 Å². The summed E-state index contributed by atoms with van der Waals surface area (Å²) >= 11 is 0. The molecule has 1 aromatic carbocycles. The molecule has 3 N–H and O–H groups in total. The van der Waals surface area contributed by atoms with Gasteiger partial charge in [-0.3, -0.25) is 0 Å². The van der Waals surface area contributed by atoms with Gasteiger partial charge in [-0.1, -0.05) is 0 Å². The Bertz CT molecular complexity index is 621. The number of halogens is 2. The number of nitrogens with zero attached hydrogens (tertiary/aromatic N) is 3. The second-order valence-corrected chi connectivity index (χ2v) is 4.22. The van der Waals surface area contributed by atoms with Crippen LogP contribution in [0.3, 0.4) is 0 Å². The van der Waals surface area contributed by atoms with Gasteiger partial charge in [-0.25, -0.2) is 8.78 Å². The Hall–Kier alpha value is -2.51. The molecule has 6 nitrogen and oxygen atoms in total. The highest BCUT2D eigenvalue weighted by Gasteiger charge is 2.10. The monoisotopic (exact) mass is 281 g/mol. The van der Waals surface area contributed by atoms with Gasteiger partial charge in [-0.05, 0) is 26.0 Å². The summed E-state index contributed by atoms with van der Waals surface area (Å²) in [4.78, 5) is 11.5. The van der Waals surface area contributed by atoms with Crippen molar-refractivity contribution in [1.29, 1.82) is 0 Å². The number of hydrogen-bond acceptors (Lipinski definition) is 6. The highest BCUT2D eigenvalue weighted by molar-refractivity contribution is 5.54. The van der Waals surface area contributed by atoms with Gasteiger partial charge >= 0.3 is 6.01 Å². The molecule has 20 heavy (non-hydrogen) atoms. The summed E-state index contributed by atoms with van der Waals surface area (Å²) in [5, 5.41) is 2.59. The van der Waals surface area contributed by atoms with E-state index in [-0.39, 0.29) is 29.7 Å². The third kappa shape index (κ3) is 3.50. The number of nitrogens with two attached hydrogens (primary N) is 1. The second kappa shape index (κ2) is 5.64. The molecule has 0 radical (unpaired) electrons. The quantitative estimate of drug-likeness (QED) is 0.894. The first-order valence-electron chi connectivity index (χ1n) is 5.84. The summed E-state index contributed by atoms with van der Waals surface area (Å²) in [6, 6.07) is 3.12. The van der Waals surface area contributed by atoms with Crippen LogP contribution in [0.2, 0.25) is 0 Å². The fraction of sp³-hybridized carbons (Fsp3) is 0.250. The van der Waals surface area contributed by atoms with Crippen LogP contribution in [0.5, 0.6) is 6.01 Å². The molecule has 0 fully saturated rings. The molecule has 0 amide bonds. The van der Waals surface area contributed by atoms with E-state index in [2.05, 4.69) is 20.3 Å². The average molecular weight is 281 g/mol. The lowest BCUT2D eigenvalue weighted by molar-refractivity contribution is 0.222. The minimum Gasteiger partial charge on any atom is -0.461 e. The number of rotatable bonds is 4. The third-order valence-corrected chi connectivity index (χ3v) is 2.15. The van der Waals surface area contributed by atoms with Crippen molar-refractivity contribution in [2.75, 3.05) is 11.1 Å². The zero-order chi connectivity index (χ0) is 14.7. The summed E-state index contributed by atoms with van der Waals surface area (Å²) in [7, 11) is 0. The molecule has 0 aliphatic carbocycles. The maximum atomic E-state index is 13.5. The fourth-order valence-electron chi connectivity index (χ4n) is 1.40. The van der Waals surface area contributed by atoms with E-state index >= 15 is 0 Å². The Morgan fingerprint density at radius 2 is 1.95 bits per heavy atom. The lowest BCUT2D eigenvalue weighted by Gasteiger charge is -2.10. The molecule has 1 aromatic heterocycles. The molecule has 8 heteroatoms. The number of nitrogens with one attached hydrogen (secondary N) is 1. The molecule has 2 rings (SSSR count). The molecule has 0 saturated heterocycles. The van der Waals surface area contributed by atoms with Crippen LogP contribution in [0.25, 0.3) is 0 Å². The second-order valence-electron chi connectivity index (χ2n) is 4.22. The first-order chi connectivity index (χ1) is 9.44. The molecule has 106 valence electrons. The maximum Gasteiger partial charge on any atom is 0.323 e. The Morgan fingerprint density at radius 1 is 1.20 bits per heavy atom. The standard InChI is InChI=1S/C12H13F2N5O/c1-6(2)20-12-18-10(15)17-11(19-12)16-9-4-3-7(13)5-8(9)14/h3-6H,1-2H3,(H3,15,16,17,18,19). The average Bonchev–Trinajstić information content (AvgIpc) is 2.31. The Labute approximate surface area is 114 Å². The molecule has 0 bridgehead atoms. The smallest absolute Gasteiger partial charge is 0.323 e. The van der Waals surface area contributed by atoms with Crippen molar-refractivity contribution < 1.29 is 13.5 Å². The molecule has 0 aliphatic rings. The van der Waals surface area contributed by atoms with Crippen molar-refractivity contribution in [1.82, 2.24) is 15.0 Å². The number of aromatic nitrogens is 3. The minimum atomic E-state index is -0.768. The van der Waals surface area contributed by atoms with Crippen molar-refractivity contribution in [3.63, 3.8) is 0 Å². The van der Waals surface area contributed by atoms with Crippen LogP contribution in [0, 0.1) is 11.6 Å². The SMILES string of the molecule is CC(C)Oc1nc(N)nc(Nc2ccc(F)cc2F)n1. The van der Waals surface area contributed by atoms with Gasteiger partial charge in [-0.15, -0.1) is 0 Å². The van der Waals surface area contributed by atoms with E-state index in [1.165, 1.54) is 6.07 Å². The van der Waals surface area contributed by atoms with Crippen molar-refractivity contribution in [3.8, 4) is 6.01 Å². The summed E-state index contributed by atoms with van der Waals surface area (Å²) in [5.74, 6) is -1.50. The van der Waals surface area contributed by atoms with E-state index in [1.807, 2.05) is 0 Å². The van der Waals surface area contributed by atoms with Gasteiger partial charge in [-0.2, -0.15) is 15.0 Å². The van der Waals surface area contributed by atoms with Gasteiger partial charge in [0.1, 0.15) is 11.6 Å². The number of benzene rings is 1. The van der Waals surface area contributed by atoms with Crippen LogP contribution in [0.4, 0.5) is 26.4 Å². The number of anilines is 3. The molecule has 0 saturated carbocycles. The predicted molar refractivity (Wildman–Crippen MR) is 69.6 cm³/mol. The van der Waals surface area contributed by atoms with Crippen LogP contribution in [-0.2, 0) is 0 Å². The van der Waals surface area contributed by atoms with Gasteiger partial charge in [0.2, 0.25) is 11.9 Å². The van der Waals surface area contributed by atoms with E-state index in [9.17, 15) is 8.78 Å². The van der Waals surface area contributed by atoms with Crippen molar-refractivity contribution in [3.05, 3.63) is 29.8 Å². The lowest BCUT2D eigenvalue weighted by Crippen LogP contribution is -2.12. The van der Waals surface area contributed by atoms with Crippen LogP contribution < -0.4 is 15.8 Å². The molecular formula is C12H13F2N5O. The van der Waals surface area contributed by atoms with Crippen LogP contribution in [-0.4, -0.2) is 21.1 Å². The van der Waals surface area contributed by atoms with E-state index in [4.69, 9.17) is 10.5 Å². The summed E-state index contributed by atoms with van der Waals surface area (Å²) in [5.41, 5.74) is 5.54. The van der Waals surface area contributed by atoms with E-state index < -0.39 is 11.6 Å². The highest BCUT2D eigenvalue weighted by Crippen LogP contribution is 2.20. The molecule has 0 spiro atoms. The third-order valence-electron chi connectivity index (χ3n) is 2.15. The molecular weight excluding hydrogens is 268 g/mol. The number of ether oxygens (including phenoxy) is 1. The number of hydrogen-bond donors (Lipinski definition) is 2. The first-order valence-corrected chi connectivity index (χ1v) is 5.84. The van der Waals surface area contributed by atoms with Gasteiger partial charge in [0.15, 0.2) is 0 Å². The first kappa shape index (κ1) is 13.9. The van der Waals surface area contributed by atoms with Gasteiger partial charge in [0.25, 0.3) is 0 Å². The summed E-state index contributed by atoms with van der Waals surface area (Å²) in [6.07, 6.45) is -0.146. The van der Waals surface area contributed by atoms with Crippen molar-refractivity contribution >= 4 is 17.6 Å². The molecule has 0 aliphatic heterocycles. The largest absolute Gasteiger partial charge is 0.461 e. The molecule has 0 atom stereocenters. The Balaban J connectivity index is 2.26. The Kier molecular flexibility index (Phi) is 3.92. The van der Waals surface area contributed by atoms with Crippen LogP contribution in [0.15, 0.2) is 18.2 Å². The van der Waals surface area contributed by atoms with Crippen LogP contribution >= 0.6 is 0 Å². The predicted octanol–water partition coefficient (Wildman–Crippen LogP) is 2.26. The van der Waals surface area contributed by atoms with Gasteiger partial charge in [0.05, 0.1) is 11.8 Å².